The third-order valence-electron chi connectivity index (χ3n) is 1.79. The van der Waals surface area contributed by atoms with Crippen molar-refractivity contribution in [3.05, 3.63) is 24.2 Å². The highest BCUT2D eigenvalue weighted by atomic mass is 16.6. The van der Waals surface area contributed by atoms with Gasteiger partial charge in [-0.15, -0.1) is 0 Å². The fourth-order valence-corrected chi connectivity index (χ4v) is 1.13. The minimum Gasteiger partial charge on any atom is -0.469 e. The number of furan rings is 1. The fraction of sp³-hybridized carbons (Fsp3) is 0.636. The standard InChI is InChI=1S/C11H19NO2/c1-9(2)8-14-12-10(3)7-11-5-4-6-13-11/h4-6,9-10,12H,7-8H2,1-3H3. The van der Waals surface area contributed by atoms with Gasteiger partial charge in [0, 0.05) is 12.5 Å². The maximum absolute atomic E-state index is 5.31. The Hall–Kier alpha value is -0.800. The Balaban J connectivity index is 2.13. The first kappa shape index (κ1) is 11.3. The van der Waals surface area contributed by atoms with Gasteiger partial charge in [0.1, 0.15) is 5.76 Å². The fourth-order valence-electron chi connectivity index (χ4n) is 1.13. The molecule has 0 spiro atoms. The van der Waals surface area contributed by atoms with E-state index in [-0.39, 0.29) is 6.04 Å². The van der Waals surface area contributed by atoms with Crippen molar-refractivity contribution in [2.45, 2.75) is 33.2 Å². The zero-order valence-corrected chi connectivity index (χ0v) is 9.12. The number of hydrogen-bond acceptors (Lipinski definition) is 3. The maximum Gasteiger partial charge on any atom is 0.105 e. The Morgan fingerprint density at radius 2 is 2.21 bits per heavy atom. The normalized spacial score (nSPS) is 13.4. The number of hydroxylamine groups is 1. The van der Waals surface area contributed by atoms with E-state index in [1.807, 2.05) is 12.1 Å². The molecule has 1 unspecified atom stereocenters. The molecule has 3 nitrogen and oxygen atoms in total. The van der Waals surface area contributed by atoms with Gasteiger partial charge in [-0.05, 0) is 25.0 Å². The summed E-state index contributed by atoms with van der Waals surface area (Å²) < 4.78 is 5.24. The topological polar surface area (TPSA) is 34.4 Å². The van der Waals surface area contributed by atoms with Crippen LogP contribution in [0.4, 0.5) is 0 Å². The summed E-state index contributed by atoms with van der Waals surface area (Å²) >= 11 is 0. The predicted molar refractivity (Wildman–Crippen MR) is 55.8 cm³/mol. The highest BCUT2D eigenvalue weighted by molar-refractivity contribution is 4.99. The molecule has 0 aliphatic heterocycles. The smallest absolute Gasteiger partial charge is 0.105 e. The molecule has 1 heterocycles. The van der Waals surface area contributed by atoms with Crippen molar-refractivity contribution in [2.24, 2.45) is 5.92 Å². The molecule has 80 valence electrons. The molecule has 0 aliphatic rings. The Morgan fingerprint density at radius 1 is 1.43 bits per heavy atom. The third kappa shape index (κ3) is 4.44. The summed E-state index contributed by atoms with van der Waals surface area (Å²) in [4.78, 5) is 5.31. The summed E-state index contributed by atoms with van der Waals surface area (Å²) in [5.41, 5.74) is 2.99. The summed E-state index contributed by atoms with van der Waals surface area (Å²) in [6, 6.07) is 4.15. The molecule has 0 saturated carbocycles. The molecule has 0 fully saturated rings. The lowest BCUT2D eigenvalue weighted by Gasteiger charge is -2.13. The van der Waals surface area contributed by atoms with Crippen LogP contribution in [0.1, 0.15) is 26.5 Å². The van der Waals surface area contributed by atoms with E-state index in [4.69, 9.17) is 9.25 Å². The molecule has 1 rings (SSSR count). The van der Waals surface area contributed by atoms with E-state index in [1.54, 1.807) is 6.26 Å². The molecule has 0 aromatic carbocycles. The number of nitrogens with one attached hydrogen (secondary N) is 1. The van der Waals surface area contributed by atoms with Crippen LogP contribution in [-0.4, -0.2) is 12.6 Å². The van der Waals surface area contributed by atoms with Crippen molar-refractivity contribution >= 4 is 0 Å². The molecule has 1 atom stereocenters. The van der Waals surface area contributed by atoms with Crippen LogP contribution in [0.15, 0.2) is 22.8 Å². The Kier molecular flexibility index (Phi) is 4.70. The van der Waals surface area contributed by atoms with Crippen LogP contribution in [0.2, 0.25) is 0 Å². The van der Waals surface area contributed by atoms with Crippen LogP contribution < -0.4 is 5.48 Å². The zero-order valence-electron chi connectivity index (χ0n) is 9.12. The zero-order chi connectivity index (χ0) is 10.4. The Morgan fingerprint density at radius 3 is 2.79 bits per heavy atom. The minimum absolute atomic E-state index is 0.278. The predicted octanol–water partition coefficient (Wildman–Crippen LogP) is 2.39. The van der Waals surface area contributed by atoms with Crippen molar-refractivity contribution < 1.29 is 9.25 Å². The van der Waals surface area contributed by atoms with Gasteiger partial charge in [0.15, 0.2) is 0 Å². The molecule has 1 aromatic rings. The van der Waals surface area contributed by atoms with Crippen molar-refractivity contribution in [3.8, 4) is 0 Å². The average Bonchev–Trinajstić information content (AvgIpc) is 2.56. The van der Waals surface area contributed by atoms with Gasteiger partial charge in [0.05, 0.1) is 12.9 Å². The Labute approximate surface area is 85.4 Å². The van der Waals surface area contributed by atoms with E-state index in [9.17, 15) is 0 Å². The Bertz CT molecular complexity index is 231. The van der Waals surface area contributed by atoms with Crippen LogP contribution >= 0.6 is 0 Å². The van der Waals surface area contributed by atoms with Gasteiger partial charge in [-0.2, -0.15) is 5.48 Å². The van der Waals surface area contributed by atoms with Gasteiger partial charge in [-0.3, -0.25) is 0 Å². The van der Waals surface area contributed by atoms with Crippen LogP contribution in [-0.2, 0) is 11.3 Å². The average molecular weight is 197 g/mol. The van der Waals surface area contributed by atoms with Gasteiger partial charge in [0.2, 0.25) is 0 Å². The monoisotopic (exact) mass is 197 g/mol. The summed E-state index contributed by atoms with van der Waals surface area (Å²) in [5.74, 6) is 1.54. The van der Waals surface area contributed by atoms with Crippen molar-refractivity contribution in [2.75, 3.05) is 6.61 Å². The van der Waals surface area contributed by atoms with E-state index in [0.29, 0.717) is 5.92 Å². The molecule has 1 aromatic heterocycles. The molecule has 0 amide bonds. The van der Waals surface area contributed by atoms with E-state index in [0.717, 1.165) is 18.8 Å². The van der Waals surface area contributed by atoms with E-state index < -0.39 is 0 Å². The van der Waals surface area contributed by atoms with Crippen LogP contribution in [0.5, 0.6) is 0 Å². The molecular weight excluding hydrogens is 178 g/mol. The molecule has 0 bridgehead atoms. The quantitative estimate of drug-likeness (QED) is 0.711. The summed E-state index contributed by atoms with van der Waals surface area (Å²) in [6.07, 6.45) is 2.54. The second-order valence-corrected chi connectivity index (χ2v) is 4.01. The minimum atomic E-state index is 0.278. The molecule has 14 heavy (non-hydrogen) atoms. The lowest BCUT2D eigenvalue weighted by Crippen LogP contribution is -2.29. The van der Waals surface area contributed by atoms with Crippen molar-refractivity contribution in [1.29, 1.82) is 0 Å². The molecule has 3 heteroatoms. The number of rotatable bonds is 6. The molecule has 0 aliphatic carbocycles. The highest BCUT2D eigenvalue weighted by Crippen LogP contribution is 2.03. The number of hydrogen-bond donors (Lipinski definition) is 1. The van der Waals surface area contributed by atoms with Gasteiger partial charge in [0.25, 0.3) is 0 Å². The lowest BCUT2D eigenvalue weighted by molar-refractivity contribution is 0.00385. The van der Waals surface area contributed by atoms with Crippen molar-refractivity contribution in [3.63, 3.8) is 0 Å². The molecule has 0 saturated heterocycles. The molecule has 1 N–H and O–H groups in total. The lowest BCUT2D eigenvalue weighted by atomic mass is 10.2. The van der Waals surface area contributed by atoms with Crippen LogP contribution in [0.3, 0.4) is 0 Å². The van der Waals surface area contributed by atoms with Crippen LogP contribution in [0.25, 0.3) is 0 Å². The molecule has 0 radical (unpaired) electrons. The van der Waals surface area contributed by atoms with Crippen LogP contribution in [0, 0.1) is 5.92 Å². The van der Waals surface area contributed by atoms with Crippen molar-refractivity contribution in [1.82, 2.24) is 5.48 Å². The SMILES string of the molecule is CC(C)CONC(C)Cc1ccco1. The first-order chi connectivity index (χ1) is 6.68. The van der Waals surface area contributed by atoms with E-state index in [1.165, 1.54) is 0 Å². The summed E-state index contributed by atoms with van der Waals surface area (Å²) in [7, 11) is 0. The van der Waals surface area contributed by atoms with E-state index in [2.05, 4.69) is 26.3 Å². The first-order valence-electron chi connectivity index (χ1n) is 5.08. The van der Waals surface area contributed by atoms with Gasteiger partial charge in [-0.25, -0.2) is 0 Å². The third-order valence-corrected chi connectivity index (χ3v) is 1.79. The highest BCUT2D eigenvalue weighted by Gasteiger charge is 2.05. The van der Waals surface area contributed by atoms with Gasteiger partial charge < -0.3 is 9.25 Å². The summed E-state index contributed by atoms with van der Waals surface area (Å²) in [6.45, 7) is 7.06. The molecular formula is C11H19NO2. The van der Waals surface area contributed by atoms with Gasteiger partial charge in [-0.1, -0.05) is 13.8 Å². The maximum atomic E-state index is 5.31. The summed E-state index contributed by atoms with van der Waals surface area (Å²) in [5, 5.41) is 0. The second kappa shape index (κ2) is 5.83. The van der Waals surface area contributed by atoms with Gasteiger partial charge >= 0.3 is 0 Å². The second-order valence-electron chi connectivity index (χ2n) is 4.01. The first-order valence-corrected chi connectivity index (χ1v) is 5.08. The largest absolute Gasteiger partial charge is 0.469 e. The van der Waals surface area contributed by atoms with E-state index >= 15 is 0 Å².